The molecular formula is C30H22F7N3O5S. The smallest absolute Gasteiger partial charge is 0.434 e. The van der Waals surface area contributed by atoms with Gasteiger partial charge in [-0.05, 0) is 60.5 Å². The molecule has 0 saturated carbocycles. The molecule has 0 atom stereocenters. The van der Waals surface area contributed by atoms with E-state index in [1.54, 1.807) is 0 Å². The quantitative estimate of drug-likeness (QED) is 0.173. The standard InChI is InChI=1S/C30H22F7N3O5S/c1-14-38-26(30(35,36)37)12-40(14)23-7-5-16(18-9-22(32)20(13-41)25(11-18)46(3,42)43)8-19(23)27-28(44-15(2)39-27)17-4-6-21(31)24(10-17)45-29(33)34/h4-12,29,41H,13H2,1-3H3. The number of hydrogen-bond donors (Lipinski definition) is 1. The van der Waals surface area contributed by atoms with Crippen molar-refractivity contribution in [2.45, 2.75) is 38.1 Å². The summed E-state index contributed by atoms with van der Waals surface area (Å²) >= 11 is 0. The summed E-state index contributed by atoms with van der Waals surface area (Å²) in [6, 6.07) is 9.21. The van der Waals surface area contributed by atoms with E-state index in [9.17, 15) is 39.9 Å². The summed E-state index contributed by atoms with van der Waals surface area (Å²) in [5.74, 6) is -3.11. The van der Waals surface area contributed by atoms with Crippen LogP contribution >= 0.6 is 0 Å². The van der Waals surface area contributed by atoms with Crippen LogP contribution in [0.2, 0.25) is 0 Å². The van der Waals surface area contributed by atoms with Crippen molar-refractivity contribution in [2.24, 2.45) is 0 Å². The molecule has 5 aromatic rings. The zero-order valence-corrected chi connectivity index (χ0v) is 24.8. The average Bonchev–Trinajstić information content (AvgIpc) is 3.55. The van der Waals surface area contributed by atoms with E-state index in [1.165, 1.54) is 38.1 Å². The number of aryl methyl sites for hydroxylation is 2. The van der Waals surface area contributed by atoms with Gasteiger partial charge in [-0.25, -0.2) is 27.2 Å². The van der Waals surface area contributed by atoms with Crippen molar-refractivity contribution in [3.8, 4) is 45.1 Å². The van der Waals surface area contributed by atoms with E-state index in [4.69, 9.17) is 4.42 Å². The summed E-state index contributed by atoms with van der Waals surface area (Å²) in [7, 11) is -4.03. The first-order valence-electron chi connectivity index (χ1n) is 13.1. The van der Waals surface area contributed by atoms with Crippen molar-refractivity contribution in [3.63, 3.8) is 0 Å². The second-order valence-corrected chi connectivity index (χ2v) is 12.1. The number of halogens is 7. The van der Waals surface area contributed by atoms with Crippen LogP contribution in [0.5, 0.6) is 5.75 Å². The zero-order chi connectivity index (χ0) is 33.7. The third kappa shape index (κ3) is 6.35. The molecule has 1 N–H and O–H groups in total. The lowest BCUT2D eigenvalue weighted by atomic mass is 9.97. The molecule has 5 rings (SSSR count). The Labute approximate surface area is 256 Å². The van der Waals surface area contributed by atoms with Crippen molar-refractivity contribution in [3.05, 3.63) is 89.3 Å². The highest BCUT2D eigenvalue weighted by Crippen LogP contribution is 2.41. The van der Waals surface area contributed by atoms with Crippen LogP contribution in [-0.4, -0.2) is 40.9 Å². The van der Waals surface area contributed by atoms with Crippen LogP contribution in [-0.2, 0) is 22.6 Å². The molecular weight excluding hydrogens is 647 g/mol. The van der Waals surface area contributed by atoms with Gasteiger partial charge >= 0.3 is 12.8 Å². The number of benzene rings is 3. The van der Waals surface area contributed by atoms with Crippen LogP contribution < -0.4 is 4.74 Å². The van der Waals surface area contributed by atoms with Gasteiger partial charge in [0.15, 0.2) is 38.7 Å². The van der Waals surface area contributed by atoms with Crippen LogP contribution in [0, 0.1) is 25.5 Å². The van der Waals surface area contributed by atoms with E-state index in [0.29, 0.717) is 0 Å². The molecule has 46 heavy (non-hydrogen) atoms. The Balaban J connectivity index is 1.80. The maximum atomic E-state index is 15.0. The molecule has 3 aromatic carbocycles. The minimum atomic E-state index is -4.80. The lowest BCUT2D eigenvalue weighted by Gasteiger charge is -2.15. The number of oxazole rings is 1. The largest absolute Gasteiger partial charge is 0.440 e. The molecule has 8 nitrogen and oxygen atoms in total. The summed E-state index contributed by atoms with van der Waals surface area (Å²) in [6.45, 7) is -1.51. The number of aliphatic hydroxyl groups is 1. The first-order valence-corrected chi connectivity index (χ1v) is 15.0. The first-order chi connectivity index (χ1) is 21.5. The van der Waals surface area contributed by atoms with Gasteiger partial charge in [-0.2, -0.15) is 22.0 Å². The molecule has 2 aromatic heterocycles. The third-order valence-corrected chi connectivity index (χ3v) is 8.04. The van der Waals surface area contributed by atoms with E-state index in [1.807, 2.05) is 0 Å². The van der Waals surface area contributed by atoms with Gasteiger partial charge in [0.25, 0.3) is 0 Å². The van der Waals surface area contributed by atoms with Crippen molar-refractivity contribution in [2.75, 3.05) is 6.26 Å². The number of alkyl halides is 5. The molecule has 242 valence electrons. The van der Waals surface area contributed by atoms with Gasteiger partial charge in [-0.3, -0.25) is 0 Å². The molecule has 2 heterocycles. The fourth-order valence-corrected chi connectivity index (χ4v) is 5.82. The van der Waals surface area contributed by atoms with Crippen LogP contribution in [0.25, 0.3) is 39.4 Å². The monoisotopic (exact) mass is 669 g/mol. The van der Waals surface area contributed by atoms with Gasteiger partial charge in [0.2, 0.25) is 0 Å². The number of rotatable bonds is 8. The van der Waals surface area contributed by atoms with Gasteiger partial charge in [-0.15, -0.1) is 0 Å². The molecule has 0 amide bonds. The predicted molar refractivity (Wildman–Crippen MR) is 150 cm³/mol. The van der Waals surface area contributed by atoms with E-state index >= 15 is 4.39 Å². The maximum absolute atomic E-state index is 15.0. The maximum Gasteiger partial charge on any atom is 0.434 e. The Morgan fingerprint density at radius 2 is 1.65 bits per heavy atom. The van der Waals surface area contributed by atoms with Crippen LogP contribution in [0.1, 0.15) is 23.0 Å². The molecule has 0 spiro atoms. The van der Waals surface area contributed by atoms with E-state index in [0.717, 1.165) is 41.3 Å². The predicted octanol–water partition coefficient (Wildman–Crippen LogP) is 7.27. The Morgan fingerprint density at radius 3 is 2.26 bits per heavy atom. The number of sulfone groups is 1. The number of aliphatic hydroxyl groups excluding tert-OH is 1. The van der Waals surface area contributed by atoms with Gasteiger partial charge < -0.3 is 18.8 Å². The first kappa shape index (κ1) is 32.7. The molecule has 0 fully saturated rings. The molecule has 0 radical (unpaired) electrons. The SMILES string of the molecule is Cc1nc(-c2cc(-c3cc(F)c(CO)c(S(C)(=O)=O)c3)ccc2-n2cc(C(F)(F)F)nc2C)c(-c2ccc(F)c(OC(F)F)c2)o1. The molecule has 0 aliphatic heterocycles. The summed E-state index contributed by atoms with van der Waals surface area (Å²) < 4.78 is 132. The second-order valence-electron chi connectivity index (χ2n) is 10.1. The fourth-order valence-electron chi connectivity index (χ4n) is 4.87. The topological polar surface area (TPSA) is 107 Å². The highest BCUT2D eigenvalue weighted by Gasteiger charge is 2.35. The van der Waals surface area contributed by atoms with Gasteiger partial charge in [0.05, 0.1) is 17.2 Å². The summed E-state index contributed by atoms with van der Waals surface area (Å²) in [4.78, 5) is 7.49. The van der Waals surface area contributed by atoms with Crippen LogP contribution in [0.4, 0.5) is 30.7 Å². The molecule has 0 bridgehead atoms. The number of nitrogens with zero attached hydrogens (tertiary/aromatic N) is 3. The van der Waals surface area contributed by atoms with Crippen LogP contribution in [0.3, 0.4) is 0 Å². The van der Waals surface area contributed by atoms with Gasteiger partial charge in [0.1, 0.15) is 17.3 Å². The number of ether oxygens (including phenoxy) is 1. The minimum absolute atomic E-state index is 0.0139. The Hall–Kier alpha value is -4.70. The molecule has 16 heteroatoms. The molecule has 0 saturated heterocycles. The lowest BCUT2D eigenvalue weighted by molar-refractivity contribution is -0.141. The minimum Gasteiger partial charge on any atom is -0.440 e. The van der Waals surface area contributed by atoms with E-state index in [2.05, 4.69) is 14.7 Å². The van der Waals surface area contributed by atoms with E-state index in [-0.39, 0.29) is 51.1 Å². The van der Waals surface area contributed by atoms with Gasteiger partial charge in [0, 0.05) is 36.1 Å². The Morgan fingerprint density at radius 1 is 0.957 bits per heavy atom. The van der Waals surface area contributed by atoms with Gasteiger partial charge in [-0.1, -0.05) is 6.07 Å². The highest BCUT2D eigenvalue weighted by molar-refractivity contribution is 7.90. The van der Waals surface area contributed by atoms with Crippen molar-refractivity contribution < 1.29 is 53.4 Å². The normalized spacial score (nSPS) is 12.3. The third-order valence-electron chi connectivity index (χ3n) is 6.87. The zero-order valence-electron chi connectivity index (χ0n) is 24.0. The fraction of sp³-hybridized carbons (Fsp3) is 0.200. The molecule has 0 aliphatic rings. The van der Waals surface area contributed by atoms with Crippen molar-refractivity contribution in [1.82, 2.24) is 14.5 Å². The number of hydrogen-bond acceptors (Lipinski definition) is 7. The van der Waals surface area contributed by atoms with Crippen molar-refractivity contribution >= 4 is 9.84 Å². The van der Waals surface area contributed by atoms with E-state index < -0.39 is 62.8 Å². The Kier molecular flexibility index (Phi) is 8.46. The summed E-state index contributed by atoms with van der Waals surface area (Å²) in [5, 5.41) is 9.60. The summed E-state index contributed by atoms with van der Waals surface area (Å²) in [5.41, 5.74) is -1.35. The number of aromatic nitrogens is 3. The molecule has 0 unspecified atom stereocenters. The highest BCUT2D eigenvalue weighted by atomic mass is 32.2. The lowest BCUT2D eigenvalue weighted by Crippen LogP contribution is -2.06. The van der Waals surface area contributed by atoms with Crippen molar-refractivity contribution in [1.29, 1.82) is 0 Å². The summed E-state index contributed by atoms with van der Waals surface area (Å²) in [6.07, 6.45) is -3.22. The second kappa shape index (κ2) is 11.9. The molecule has 0 aliphatic carbocycles. The number of imidazole rings is 1. The Bertz CT molecular complexity index is 2070. The average molecular weight is 670 g/mol. The van der Waals surface area contributed by atoms with Crippen LogP contribution in [0.15, 0.2) is 64.0 Å².